The first-order valence-electron chi connectivity index (χ1n) is 10.5. The van der Waals surface area contributed by atoms with Crippen LogP contribution in [0.15, 0.2) is 28.6 Å². The SMILES string of the molecule is C[C@]12CC[C@H]3[C@@H](CC=C4C[C@@H](O)CC[C@@]43C)[C@@]1(O)CC[C@]2(O)c1cnoc1. The van der Waals surface area contributed by atoms with Gasteiger partial charge in [-0.3, -0.25) is 0 Å². The van der Waals surface area contributed by atoms with Gasteiger partial charge in [0, 0.05) is 11.0 Å². The standard InChI is InChI=1S/C22H31NO4/c1-19-7-5-16(24)11-14(19)3-4-18-17(19)6-8-20(2)21(25,9-10-22(18,20)26)15-12-23-27-13-15/h3,12-13,16-18,24-26H,4-11H2,1-2H3/t16-,17-,18+,19-,20+,21-,22-/m0/s1. The van der Waals surface area contributed by atoms with Crippen LogP contribution in [0.25, 0.3) is 0 Å². The van der Waals surface area contributed by atoms with Crippen molar-refractivity contribution in [1.29, 1.82) is 0 Å². The quantitative estimate of drug-likeness (QED) is 0.658. The molecule has 0 aromatic carbocycles. The Labute approximate surface area is 160 Å². The molecule has 0 radical (unpaired) electrons. The van der Waals surface area contributed by atoms with E-state index in [2.05, 4.69) is 25.1 Å². The van der Waals surface area contributed by atoms with Gasteiger partial charge in [0.05, 0.1) is 17.9 Å². The summed E-state index contributed by atoms with van der Waals surface area (Å²) in [6, 6.07) is 0. The highest BCUT2D eigenvalue weighted by Crippen LogP contribution is 2.70. The second-order valence-corrected chi connectivity index (χ2v) is 10.1. The molecule has 3 saturated carbocycles. The molecule has 0 amide bonds. The maximum absolute atomic E-state index is 12.1. The van der Waals surface area contributed by atoms with Crippen LogP contribution in [-0.4, -0.2) is 32.2 Å². The highest BCUT2D eigenvalue weighted by molar-refractivity contribution is 5.32. The summed E-state index contributed by atoms with van der Waals surface area (Å²) in [6.07, 6.45) is 11.6. The van der Waals surface area contributed by atoms with Gasteiger partial charge in [0.15, 0.2) is 0 Å². The Morgan fingerprint density at radius 1 is 1.07 bits per heavy atom. The van der Waals surface area contributed by atoms with Gasteiger partial charge in [0.1, 0.15) is 11.9 Å². The van der Waals surface area contributed by atoms with Crippen LogP contribution >= 0.6 is 0 Å². The van der Waals surface area contributed by atoms with Crippen LogP contribution in [0.4, 0.5) is 0 Å². The van der Waals surface area contributed by atoms with Gasteiger partial charge in [-0.1, -0.05) is 30.7 Å². The average Bonchev–Trinajstić information content (AvgIpc) is 3.24. The molecule has 4 aliphatic rings. The highest BCUT2D eigenvalue weighted by Gasteiger charge is 2.71. The number of hydrogen-bond acceptors (Lipinski definition) is 5. The maximum atomic E-state index is 12.1. The van der Waals surface area contributed by atoms with Crippen LogP contribution in [0.2, 0.25) is 0 Å². The third kappa shape index (κ3) is 2.03. The molecule has 1 aromatic heterocycles. The van der Waals surface area contributed by atoms with Crippen molar-refractivity contribution in [2.45, 2.75) is 82.5 Å². The molecule has 3 fully saturated rings. The molecule has 0 bridgehead atoms. The van der Waals surface area contributed by atoms with Crippen molar-refractivity contribution in [3.8, 4) is 0 Å². The minimum Gasteiger partial charge on any atom is -0.393 e. The zero-order valence-corrected chi connectivity index (χ0v) is 16.3. The summed E-state index contributed by atoms with van der Waals surface area (Å²) in [5, 5.41) is 37.7. The Kier molecular flexibility index (Phi) is 3.62. The summed E-state index contributed by atoms with van der Waals surface area (Å²) in [5.74, 6) is 0.557. The molecule has 1 heterocycles. The monoisotopic (exact) mass is 373 g/mol. The van der Waals surface area contributed by atoms with Crippen molar-refractivity contribution in [3.63, 3.8) is 0 Å². The predicted octanol–water partition coefficient (Wildman–Crippen LogP) is 3.30. The fourth-order valence-corrected chi connectivity index (χ4v) is 7.50. The molecule has 0 unspecified atom stereocenters. The molecule has 5 rings (SSSR count). The first kappa shape index (κ1) is 17.9. The summed E-state index contributed by atoms with van der Waals surface area (Å²) >= 11 is 0. The maximum Gasteiger partial charge on any atom is 0.129 e. The smallest absolute Gasteiger partial charge is 0.129 e. The minimum absolute atomic E-state index is 0.0666. The summed E-state index contributed by atoms with van der Waals surface area (Å²) in [5.41, 5.74) is -0.455. The molecular weight excluding hydrogens is 342 g/mol. The Bertz CT molecular complexity index is 775. The van der Waals surface area contributed by atoms with E-state index >= 15 is 0 Å². The summed E-state index contributed by atoms with van der Waals surface area (Å²) in [7, 11) is 0. The molecule has 0 spiro atoms. The average molecular weight is 373 g/mol. The number of fused-ring (bicyclic) bond motifs is 5. The van der Waals surface area contributed by atoms with Gasteiger partial charge < -0.3 is 19.8 Å². The normalized spacial score (nSPS) is 51.9. The predicted molar refractivity (Wildman–Crippen MR) is 99.6 cm³/mol. The lowest BCUT2D eigenvalue weighted by Crippen LogP contribution is -2.63. The van der Waals surface area contributed by atoms with Crippen LogP contribution < -0.4 is 0 Å². The van der Waals surface area contributed by atoms with Crippen LogP contribution in [-0.2, 0) is 5.60 Å². The second-order valence-electron chi connectivity index (χ2n) is 10.1. The van der Waals surface area contributed by atoms with E-state index in [9.17, 15) is 15.3 Å². The van der Waals surface area contributed by atoms with Crippen molar-refractivity contribution in [3.05, 3.63) is 29.7 Å². The van der Waals surface area contributed by atoms with E-state index in [4.69, 9.17) is 4.52 Å². The minimum atomic E-state index is -1.10. The van der Waals surface area contributed by atoms with Crippen molar-refractivity contribution in [2.75, 3.05) is 0 Å². The molecule has 27 heavy (non-hydrogen) atoms. The molecule has 5 heteroatoms. The van der Waals surface area contributed by atoms with Gasteiger partial charge in [-0.05, 0) is 68.6 Å². The molecule has 4 aliphatic carbocycles. The highest BCUT2D eigenvalue weighted by atomic mass is 16.5. The van der Waals surface area contributed by atoms with Crippen molar-refractivity contribution < 1.29 is 19.8 Å². The number of hydrogen-bond donors (Lipinski definition) is 3. The van der Waals surface area contributed by atoms with Crippen molar-refractivity contribution in [1.82, 2.24) is 5.16 Å². The third-order valence-electron chi connectivity index (χ3n) is 9.32. The van der Waals surface area contributed by atoms with Crippen LogP contribution in [0.1, 0.15) is 70.8 Å². The van der Waals surface area contributed by atoms with Gasteiger partial charge in [-0.2, -0.15) is 0 Å². The lowest BCUT2D eigenvalue weighted by molar-refractivity contribution is -0.218. The van der Waals surface area contributed by atoms with Crippen molar-refractivity contribution >= 4 is 0 Å². The summed E-state index contributed by atoms with van der Waals surface area (Å²) in [4.78, 5) is 0. The largest absolute Gasteiger partial charge is 0.393 e. The number of rotatable bonds is 1. The van der Waals surface area contributed by atoms with Gasteiger partial charge in [-0.25, -0.2) is 0 Å². The molecule has 3 N–H and O–H groups in total. The van der Waals surface area contributed by atoms with Gasteiger partial charge in [-0.15, -0.1) is 0 Å². The van der Waals surface area contributed by atoms with E-state index in [0.717, 1.165) is 38.5 Å². The van der Waals surface area contributed by atoms with E-state index in [1.807, 2.05) is 0 Å². The first-order chi connectivity index (χ1) is 12.7. The number of aliphatic hydroxyl groups excluding tert-OH is 1. The molecule has 148 valence electrons. The molecule has 1 aromatic rings. The number of nitrogens with zero attached hydrogens (tertiary/aromatic N) is 1. The van der Waals surface area contributed by atoms with Crippen molar-refractivity contribution in [2.24, 2.45) is 22.7 Å². The van der Waals surface area contributed by atoms with Gasteiger partial charge in [0.2, 0.25) is 0 Å². The lowest BCUT2D eigenvalue weighted by Gasteiger charge is -2.62. The Balaban J connectivity index is 1.56. The number of allylic oxidation sites excluding steroid dienone is 1. The zero-order chi connectivity index (χ0) is 19.1. The zero-order valence-electron chi connectivity index (χ0n) is 16.3. The Morgan fingerprint density at radius 3 is 2.63 bits per heavy atom. The first-order valence-corrected chi connectivity index (χ1v) is 10.5. The third-order valence-corrected chi connectivity index (χ3v) is 9.32. The molecule has 7 atom stereocenters. The van der Waals surface area contributed by atoms with Gasteiger partial charge in [0.25, 0.3) is 0 Å². The van der Waals surface area contributed by atoms with E-state index in [-0.39, 0.29) is 17.4 Å². The lowest BCUT2D eigenvalue weighted by atomic mass is 9.45. The van der Waals surface area contributed by atoms with Crippen LogP contribution in [0.5, 0.6) is 0 Å². The van der Waals surface area contributed by atoms with E-state index in [1.54, 1.807) is 6.20 Å². The molecular formula is C22H31NO4. The molecule has 5 nitrogen and oxygen atoms in total. The number of aliphatic hydroxyl groups is 3. The van der Waals surface area contributed by atoms with Crippen LogP contribution in [0, 0.1) is 22.7 Å². The van der Waals surface area contributed by atoms with E-state index in [0.29, 0.717) is 24.3 Å². The fraction of sp³-hybridized carbons (Fsp3) is 0.773. The summed E-state index contributed by atoms with van der Waals surface area (Å²) < 4.78 is 5.03. The Morgan fingerprint density at radius 2 is 1.89 bits per heavy atom. The van der Waals surface area contributed by atoms with Crippen LogP contribution in [0.3, 0.4) is 0 Å². The topological polar surface area (TPSA) is 86.7 Å². The molecule has 0 saturated heterocycles. The van der Waals surface area contributed by atoms with E-state index < -0.39 is 16.6 Å². The van der Waals surface area contributed by atoms with E-state index in [1.165, 1.54) is 11.8 Å². The number of aromatic nitrogens is 1. The summed E-state index contributed by atoms with van der Waals surface area (Å²) in [6.45, 7) is 4.41. The molecule has 0 aliphatic heterocycles. The Hall–Kier alpha value is -1.17. The fourth-order valence-electron chi connectivity index (χ4n) is 7.50. The second kappa shape index (κ2) is 5.46. The van der Waals surface area contributed by atoms with Gasteiger partial charge >= 0.3 is 0 Å².